The lowest BCUT2D eigenvalue weighted by atomic mass is 9.95. The quantitative estimate of drug-likeness (QED) is 0.874. The van der Waals surface area contributed by atoms with Gasteiger partial charge >= 0.3 is 0 Å². The van der Waals surface area contributed by atoms with Crippen molar-refractivity contribution in [2.75, 3.05) is 0 Å². The lowest BCUT2D eigenvalue weighted by molar-refractivity contribution is 0.182. The van der Waals surface area contributed by atoms with Crippen LogP contribution in [0.3, 0.4) is 0 Å². The maximum absolute atomic E-state index is 10.2. The van der Waals surface area contributed by atoms with Crippen LogP contribution in [-0.4, -0.2) is 5.11 Å². The molecule has 0 fully saturated rings. The zero-order valence-electron chi connectivity index (χ0n) is 10.4. The second kappa shape index (κ2) is 4.92. The number of aliphatic hydroxyl groups is 1. The third kappa shape index (κ3) is 3.18. The van der Waals surface area contributed by atoms with Crippen LogP contribution in [0.5, 0.6) is 0 Å². The summed E-state index contributed by atoms with van der Waals surface area (Å²) in [6.07, 6.45) is 0.346. The highest BCUT2D eigenvalue weighted by atomic mass is 32.1. The van der Waals surface area contributed by atoms with Crippen molar-refractivity contribution in [3.8, 4) is 0 Å². The van der Waals surface area contributed by atoms with Gasteiger partial charge in [-0.25, -0.2) is 0 Å². The zero-order chi connectivity index (χ0) is 12.5. The van der Waals surface area contributed by atoms with Crippen LogP contribution in [0.4, 0.5) is 0 Å². The highest BCUT2D eigenvalue weighted by Crippen LogP contribution is 2.33. The lowest BCUT2D eigenvalue weighted by Crippen LogP contribution is -2.07. The van der Waals surface area contributed by atoms with Crippen molar-refractivity contribution in [2.24, 2.45) is 0 Å². The van der Waals surface area contributed by atoms with E-state index < -0.39 is 0 Å². The molecule has 1 atom stereocenters. The van der Waals surface area contributed by atoms with Gasteiger partial charge in [-0.05, 0) is 39.9 Å². The molecule has 17 heavy (non-hydrogen) atoms. The molecule has 0 aromatic carbocycles. The average Bonchev–Trinajstić information content (AvgIpc) is 2.85. The van der Waals surface area contributed by atoms with E-state index in [4.69, 9.17) is 0 Å². The molecule has 0 saturated carbocycles. The molecule has 1 nitrogen and oxygen atoms in total. The van der Waals surface area contributed by atoms with E-state index in [0.29, 0.717) is 6.42 Å². The van der Waals surface area contributed by atoms with E-state index in [9.17, 15) is 5.11 Å². The van der Waals surface area contributed by atoms with Crippen LogP contribution in [0.15, 0.2) is 29.0 Å². The molecule has 0 saturated heterocycles. The van der Waals surface area contributed by atoms with Gasteiger partial charge in [0.1, 0.15) is 0 Å². The van der Waals surface area contributed by atoms with Crippen LogP contribution in [0, 0.1) is 0 Å². The first-order valence-electron chi connectivity index (χ1n) is 5.76. The average molecular weight is 266 g/mol. The molecule has 0 spiro atoms. The minimum absolute atomic E-state index is 0.172. The number of hydrogen-bond donors (Lipinski definition) is 1. The third-order valence-electron chi connectivity index (χ3n) is 2.70. The van der Waals surface area contributed by atoms with Gasteiger partial charge in [-0.1, -0.05) is 20.8 Å². The normalized spacial score (nSPS) is 13.9. The molecule has 2 aromatic heterocycles. The van der Waals surface area contributed by atoms with Crippen molar-refractivity contribution in [2.45, 2.75) is 38.7 Å². The molecule has 0 aliphatic rings. The molecule has 0 radical (unpaired) electrons. The second-order valence-electron chi connectivity index (χ2n) is 5.30. The molecule has 2 rings (SSSR count). The third-order valence-corrected chi connectivity index (χ3v) is 5.05. The topological polar surface area (TPSA) is 20.2 Å². The van der Waals surface area contributed by atoms with E-state index in [1.807, 2.05) is 0 Å². The van der Waals surface area contributed by atoms with E-state index in [1.165, 1.54) is 10.4 Å². The number of hydrogen-bond acceptors (Lipinski definition) is 3. The summed E-state index contributed by atoms with van der Waals surface area (Å²) in [5.41, 5.74) is 1.39. The monoisotopic (exact) mass is 266 g/mol. The van der Waals surface area contributed by atoms with Crippen LogP contribution >= 0.6 is 22.7 Å². The summed E-state index contributed by atoms with van der Waals surface area (Å²) in [5.74, 6) is 0. The summed E-state index contributed by atoms with van der Waals surface area (Å²) in [6, 6.07) is 6.27. The van der Waals surface area contributed by atoms with Crippen LogP contribution in [-0.2, 0) is 11.8 Å². The van der Waals surface area contributed by atoms with Gasteiger partial charge in [-0.15, -0.1) is 11.3 Å². The molecule has 1 unspecified atom stereocenters. The highest BCUT2D eigenvalue weighted by molar-refractivity contribution is 7.12. The SMILES string of the molecule is CC(C)(C)c1ccc(C(O)Cc2ccsc2)s1. The predicted molar refractivity (Wildman–Crippen MR) is 76.0 cm³/mol. The highest BCUT2D eigenvalue weighted by Gasteiger charge is 2.18. The molecule has 0 amide bonds. The van der Waals surface area contributed by atoms with Gasteiger partial charge < -0.3 is 5.11 Å². The fourth-order valence-electron chi connectivity index (χ4n) is 1.67. The maximum Gasteiger partial charge on any atom is 0.0922 e. The van der Waals surface area contributed by atoms with Crippen LogP contribution < -0.4 is 0 Å². The first-order valence-corrected chi connectivity index (χ1v) is 7.52. The molecule has 2 heterocycles. The predicted octanol–water partition coefficient (Wildman–Crippen LogP) is 4.38. The molecule has 0 bridgehead atoms. The van der Waals surface area contributed by atoms with Crippen molar-refractivity contribution in [3.63, 3.8) is 0 Å². The summed E-state index contributed by atoms with van der Waals surface area (Å²) in [7, 11) is 0. The fourth-order valence-corrected chi connectivity index (χ4v) is 3.40. The van der Waals surface area contributed by atoms with Crippen LogP contribution in [0.2, 0.25) is 0 Å². The molecule has 2 aromatic rings. The van der Waals surface area contributed by atoms with Crippen molar-refractivity contribution < 1.29 is 5.11 Å². The number of thiophene rings is 2. The van der Waals surface area contributed by atoms with E-state index in [2.05, 4.69) is 49.7 Å². The maximum atomic E-state index is 10.2. The van der Waals surface area contributed by atoms with Gasteiger partial charge in [0.25, 0.3) is 0 Å². The summed E-state index contributed by atoms with van der Waals surface area (Å²) in [5, 5.41) is 14.3. The smallest absolute Gasteiger partial charge is 0.0922 e. The summed E-state index contributed by atoms with van der Waals surface area (Å²) in [4.78, 5) is 2.40. The van der Waals surface area contributed by atoms with Crippen molar-refractivity contribution in [1.82, 2.24) is 0 Å². The fraction of sp³-hybridized carbons (Fsp3) is 0.429. The number of aliphatic hydroxyl groups excluding tert-OH is 1. The van der Waals surface area contributed by atoms with Gasteiger partial charge in [0.05, 0.1) is 6.10 Å². The Balaban J connectivity index is 2.10. The molecular weight excluding hydrogens is 248 g/mol. The van der Waals surface area contributed by atoms with Gasteiger partial charge in [-0.3, -0.25) is 0 Å². The Morgan fingerprint density at radius 2 is 2.00 bits per heavy atom. The van der Waals surface area contributed by atoms with Gasteiger partial charge in [-0.2, -0.15) is 11.3 Å². The van der Waals surface area contributed by atoms with Crippen molar-refractivity contribution >= 4 is 22.7 Å². The van der Waals surface area contributed by atoms with E-state index >= 15 is 0 Å². The number of rotatable bonds is 3. The zero-order valence-corrected chi connectivity index (χ0v) is 12.1. The molecule has 3 heteroatoms. The summed E-state index contributed by atoms with van der Waals surface area (Å²) < 4.78 is 0. The summed E-state index contributed by atoms with van der Waals surface area (Å²) in [6.45, 7) is 6.61. The van der Waals surface area contributed by atoms with E-state index in [1.54, 1.807) is 22.7 Å². The van der Waals surface area contributed by atoms with Crippen LogP contribution in [0.1, 0.15) is 42.2 Å². The second-order valence-corrected chi connectivity index (χ2v) is 7.20. The van der Waals surface area contributed by atoms with Crippen molar-refractivity contribution in [1.29, 1.82) is 0 Å². The molecule has 92 valence electrons. The van der Waals surface area contributed by atoms with Gasteiger partial charge in [0.15, 0.2) is 0 Å². The Labute approximate surface area is 111 Å². The Morgan fingerprint density at radius 3 is 2.53 bits per heavy atom. The van der Waals surface area contributed by atoms with E-state index in [-0.39, 0.29) is 11.5 Å². The minimum atomic E-state index is -0.370. The largest absolute Gasteiger partial charge is 0.387 e. The standard InChI is InChI=1S/C14H18OS2/c1-14(2,3)13-5-4-12(17-13)11(15)8-10-6-7-16-9-10/h4-7,9,11,15H,8H2,1-3H3. The minimum Gasteiger partial charge on any atom is -0.387 e. The Bertz CT molecular complexity index is 463. The lowest BCUT2D eigenvalue weighted by Gasteiger charge is -2.15. The van der Waals surface area contributed by atoms with Gasteiger partial charge in [0, 0.05) is 16.2 Å². The molecule has 0 aliphatic carbocycles. The molecule has 1 N–H and O–H groups in total. The Morgan fingerprint density at radius 1 is 1.24 bits per heavy atom. The first kappa shape index (κ1) is 12.8. The Hall–Kier alpha value is -0.640. The Kier molecular flexibility index (Phi) is 3.71. The molecule has 0 aliphatic heterocycles. The molecular formula is C14H18OS2. The summed E-state index contributed by atoms with van der Waals surface area (Å²) >= 11 is 3.40. The van der Waals surface area contributed by atoms with Gasteiger partial charge in [0.2, 0.25) is 0 Å². The first-order chi connectivity index (χ1) is 7.97. The van der Waals surface area contributed by atoms with Crippen LogP contribution in [0.25, 0.3) is 0 Å². The van der Waals surface area contributed by atoms with Crippen molar-refractivity contribution in [3.05, 3.63) is 44.3 Å². The van der Waals surface area contributed by atoms with E-state index in [0.717, 1.165) is 4.88 Å².